The Bertz CT molecular complexity index is 464. The number of benzene rings is 1. The lowest BCUT2D eigenvalue weighted by Crippen LogP contribution is -2.46. The summed E-state index contributed by atoms with van der Waals surface area (Å²) in [6.07, 6.45) is 7.40. The van der Waals surface area contributed by atoms with Crippen LogP contribution in [0.2, 0.25) is 0 Å². The maximum atomic E-state index is 12.7. The van der Waals surface area contributed by atoms with Gasteiger partial charge in [0.1, 0.15) is 5.75 Å². The van der Waals surface area contributed by atoms with E-state index in [4.69, 9.17) is 4.74 Å². The molecule has 0 saturated heterocycles. The van der Waals surface area contributed by atoms with Gasteiger partial charge in [0.2, 0.25) is 0 Å². The van der Waals surface area contributed by atoms with E-state index in [0.717, 1.165) is 30.6 Å². The number of nitrogens with one attached hydrogen (secondary N) is 1. The van der Waals surface area contributed by atoms with E-state index in [1.807, 2.05) is 31.3 Å². The summed E-state index contributed by atoms with van der Waals surface area (Å²) < 4.78 is 5.72. The molecule has 1 saturated carbocycles. The van der Waals surface area contributed by atoms with Gasteiger partial charge in [-0.15, -0.1) is 0 Å². The van der Waals surface area contributed by atoms with Crippen molar-refractivity contribution in [3.63, 3.8) is 0 Å². The summed E-state index contributed by atoms with van der Waals surface area (Å²) in [6.45, 7) is 2.73. The van der Waals surface area contributed by atoms with Crippen molar-refractivity contribution >= 4 is 5.78 Å². The third-order valence-electron chi connectivity index (χ3n) is 4.49. The summed E-state index contributed by atoms with van der Waals surface area (Å²) >= 11 is 0. The molecule has 3 nitrogen and oxygen atoms in total. The van der Waals surface area contributed by atoms with Crippen LogP contribution in [0.1, 0.15) is 62.2 Å². The van der Waals surface area contributed by atoms with Crippen LogP contribution in [0.3, 0.4) is 0 Å². The predicted molar refractivity (Wildman–Crippen MR) is 86.1 cm³/mol. The van der Waals surface area contributed by atoms with E-state index in [2.05, 4.69) is 12.2 Å². The van der Waals surface area contributed by atoms with Crippen LogP contribution in [0.5, 0.6) is 5.75 Å². The quantitative estimate of drug-likeness (QED) is 0.772. The molecule has 0 heterocycles. The maximum Gasteiger partial charge on any atom is 0.168 e. The maximum absolute atomic E-state index is 12.7. The zero-order valence-electron chi connectivity index (χ0n) is 13.3. The summed E-state index contributed by atoms with van der Waals surface area (Å²) in [5.74, 6) is 0.921. The first kappa shape index (κ1) is 16.0. The first-order valence-corrected chi connectivity index (χ1v) is 8.15. The number of Topliss-reactive ketones (excluding diaryl/α,β-unsaturated/α-hetero) is 1. The van der Waals surface area contributed by atoms with Gasteiger partial charge in [0.25, 0.3) is 0 Å². The molecule has 3 heteroatoms. The normalized spacial score (nSPS) is 17.4. The van der Waals surface area contributed by atoms with Gasteiger partial charge in [-0.2, -0.15) is 0 Å². The van der Waals surface area contributed by atoms with E-state index in [9.17, 15) is 4.79 Å². The number of carbonyl (C=O) groups is 1. The van der Waals surface area contributed by atoms with Gasteiger partial charge in [0.15, 0.2) is 5.78 Å². The van der Waals surface area contributed by atoms with Gasteiger partial charge in [0.05, 0.1) is 12.2 Å². The van der Waals surface area contributed by atoms with Crippen LogP contribution >= 0.6 is 0 Å². The highest BCUT2D eigenvalue weighted by atomic mass is 16.5. The molecule has 1 aromatic carbocycles. The van der Waals surface area contributed by atoms with E-state index in [-0.39, 0.29) is 11.3 Å². The first-order valence-electron chi connectivity index (χ1n) is 8.15. The summed E-state index contributed by atoms with van der Waals surface area (Å²) in [7, 11) is 1.98. The van der Waals surface area contributed by atoms with E-state index in [0.29, 0.717) is 13.0 Å². The van der Waals surface area contributed by atoms with Gasteiger partial charge in [0, 0.05) is 12.0 Å². The van der Waals surface area contributed by atoms with Crippen molar-refractivity contribution in [2.75, 3.05) is 13.7 Å². The van der Waals surface area contributed by atoms with Gasteiger partial charge >= 0.3 is 0 Å². The average Bonchev–Trinajstić information content (AvgIpc) is 2.54. The third kappa shape index (κ3) is 4.07. The number of para-hydroxylation sites is 1. The summed E-state index contributed by atoms with van der Waals surface area (Å²) in [4.78, 5) is 12.7. The van der Waals surface area contributed by atoms with E-state index in [1.54, 1.807) is 0 Å². The Kier molecular flexibility index (Phi) is 5.80. The second-order valence-corrected chi connectivity index (χ2v) is 6.04. The fraction of sp³-hybridized carbons (Fsp3) is 0.611. The highest BCUT2D eigenvalue weighted by molar-refractivity contribution is 5.99. The van der Waals surface area contributed by atoms with Crippen LogP contribution < -0.4 is 10.1 Å². The number of ketones is 1. The van der Waals surface area contributed by atoms with Crippen LogP contribution in [0, 0.1) is 0 Å². The molecule has 0 aromatic heterocycles. The van der Waals surface area contributed by atoms with Crippen molar-refractivity contribution in [2.45, 2.75) is 57.4 Å². The van der Waals surface area contributed by atoms with Crippen LogP contribution in [0.15, 0.2) is 24.3 Å². The minimum absolute atomic E-state index is 0.0206. The van der Waals surface area contributed by atoms with Crippen molar-refractivity contribution < 1.29 is 9.53 Å². The highest BCUT2D eigenvalue weighted by Crippen LogP contribution is 2.33. The van der Waals surface area contributed by atoms with Gasteiger partial charge < -0.3 is 10.1 Å². The molecule has 1 aromatic rings. The molecule has 0 unspecified atom stereocenters. The second-order valence-electron chi connectivity index (χ2n) is 6.04. The standard InChI is InChI=1S/C18H27NO2/c1-3-13-21-17-10-6-5-9-15(17)16(20)14-18(19-2)11-7-4-8-12-18/h5-6,9-10,19H,3-4,7-8,11-14H2,1-2H3. The first-order chi connectivity index (χ1) is 10.2. The third-order valence-corrected chi connectivity index (χ3v) is 4.49. The van der Waals surface area contributed by atoms with Crippen LogP contribution in [-0.4, -0.2) is 25.0 Å². The fourth-order valence-corrected chi connectivity index (χ4v) is 3.18. The van der Waals surface area contributed by atoms with Crippen LogP contribution in [0.25, 0.3) is 0 Å². The zero-order chi connectivity index (χ0) is 15.1. The SMILES string of the molecule is CCCOc1ccccc1C(=O)CC1(NC)CCCCC1. The molecule has 1 aliphatic carbocycles. The van der Waals surface area contributed by atoms with Gasteiger partial charge in [-0.05, 0) is 38.4 Å². The Hall–Kier alpha value is -1.35. The molecule has 1 N–H and O–H groups in total. The Balaban J connectivity index is 2.12. The molecule has 0 aliphatic heterocycles. The predicted octanol–water partition coefficient (Wildman–Crippen LogP) is 3.97. The van der Waals surface area contributed by atoms with Gasteiger partial charge in [-0.1, -0.05) is 38.3 Å². The zero-order valence-corrected chi connectivity index (χ0v) is 13.3. The molecule has 0 atom stereocenters. The van der Waals surface area contributed by atoms with E-state index in [1.165, 1.54) is 19.3 Å². The van der Waals surface area contributed by atoms with Crippen LogP contribution in [0.4, 0.5) is 0 Å². The number of carbonyl (C=O) groups excluding carboxylic acids is 1. The van der Waals surface area contributed by atoms with Crippen molar-refractivity contribution in [3.05, 3.63) is 29.8 Å². The average molecular weight is 289 g/mol. The molecule has 1 aliphatic rings. The number of ether oxygens (including phenoxy) is 1. The van der Waals surface area contributed by atoms with E-state index >= 15 is 0 Å². The molecule has 116 valence electrons. The van der Waals surface area contributed by atoms with Crippen molar-refractivity contribution in [3.8, 4) is 5.75 Å². The monoisotopic (exact) mass is 289 g/mol. The smallest absolute Gasteiger partial charge is 0.168 e. The fourth-order valence-electron chi connectivity index (χ4n) is 3.18. The minimum atomic E-state index is -0.0206. The highest BCUT2D eigenvalue weighted by Gasteiger charge is 2.33. The number of hydrogen-bond donors (Lipinski definition) is 1. The Morgan fingerprint density at radius 1 is 1.24 bits per heavy atom. The summed E-state index contributed by atoms with van der Waals surface area (Å²) in [6, 6.07) is 7.63. The second kappa shape index (κ2) is 7.60. The summed E-state index contributed by atoms with van der Waals surface area (Å²) in [5, 5.41) is 3.42. The molecule has 2 rings (SSSR count). The van der Waals surface area contributed by atoms with Gasteiger partial charge in [-0.3, -0.25) is 4.79 Å². The van der Waals surface area contributed by atoms with Gasteiger partial charge in [-0.25, -0.2) is 0 Å². The lowest BCUT2D eigenvalue weighted by Gasteiger charge is -2.36. The van der Waals surface area contributed by atoms with Crippen LogP contribution in [-0.2, 0) is 0 Å². The van der Waals surface area contributed by atoms with E-state index < -0.39 is 0 Å². The van der Waals surface area contributed by atoms with Crippen molar-refractivity contribution in [1.82, 2.24) is 5.32 Å². The molecule has 1 fully saturated rings. The van der Waals surface area contributed by atoms with Crippen molar-refractivity contribution in [2.24, 2.45) is 0 Å². The lowest BCUT2D eigenvalue weighted by atomic mass is 9.77. The Labute approximate surface area is 128 Å². The molecule has 0 spiro atoms. The molecular weight excluding hydrogens is 262 g/mol. The Morgan fingerprint density at radius 2 is 1.95 bits per heavy atom. The number of hydrogen-bond acceptors (Lipinski definition) is 3. The molecule has 21 heavy (non-hydrogen) atoms. The topological polar surface area (TPSA) is 38.3 Å². The van der Waals surface area contributed by atoms with Crippen molar-refractivity contribution in [1.29, 1.82) is 0 Å². The molecular formula is C18H27NO2. The Morgan fingerprint density at radius 3 is 2.62 bits per heavy atom. The molecule has 0 radical (unpaired) electrons. The molecule has 0 amide bonds. The minimum Gasteiger partial charge on any atom is -0.493 e. The lowest BCUT2D eigenvalue weighted by molar-refractivity contribution is 0.0911. The summed E-state index contributed by atoms with van der Waals surface area (Å²) in [5.41, 5.74) is 0.707. The number of rotatable bonds is 7. The largest absolute Gasteiger partial charge is 0.493 e. The molecule has 0 bridgehead atoms.